The molecular weight excluding hydrogens is 423 g/mol. The van der Waals surface area contributed by atoms with Crippen LogP contribution < -0.4 is 5.32 Å². The van der Waals surface area contributed by atoms with Crippen molar-refractivity contribution in [1.29, 1.82) is 0 Å². The molecule has 5 nitrogen and oxygen atoms in total. The Labute approximate surface area is 190 Å². The Balaban J connectivity index is 1.60. The molecule has 7 heteroatoms. The summed E-state index contributed by atoms with van der Waals surface area (Å²) in [6.07, 6.45) is 0. The van der Waals surface area contributed by atoms with Crippen LogP contribution in [0.15, 0.2) is 84.0 Å². The normalized spacial score (nSPS) is 11.8. The number of nitrogens with zero attached hydrogens (tertiary/aromatic N) is 3. The molecule has 1 amide bonds. The predicted octanol–water partition coefficient (Wildman–Crippen LogP) is 5.50. The predicted molar refractivity (Wildman–Crippen MR) is 124 cm³/mol. The summed E-state index contributed by atoms with van der Waals surface area (Å²) in [5.41, 5.74) is 3.29. The summed E-state index contributed by atoms with van der Waals surface area (Å²) in [4.78, 5) is 12.6. The molecule has 32 heavy (non-hydrogen) atoms. The fraction of sp³-hybridized carbons (Fsp3) is 0.160. The van der Waals surface area contributed by atoms with Crippen molar-refractivity contribution >= 4 is 17.7 Å². The lowest BCUT2D eigenvalue weighted by Crippen LogP contribution is -2.29. The number of carbonyl (C=O) groups excluding carboxylic acids is 1. The first kappa shape index (κ1) is 21.8. The van der Waals surface area contributed by atoms with Gasteiger partial charge >= 0.3 is 0 Å². The Hall–Kier alpha value is -3.45. The molecule has 3 aromatic carbocycles. The lowest BCUT2D eigenvalue weighted by Gasteiger charge is -2.16. The third kappa shape index (κ3) is 4.89. The van der Waals surface area contributed by atoms with Gasteiger partial charge in [-0.25, -0.2) is 4.39 Å². The third-order valence-electron chi connectivity index (χ3n) is 5.01. The Morgan fingerprint density at radius 2 is 1.69 bits per heavy atom. The zero-order valence-corrected chi connectivity index (χ0v) is 18.6. The molecule has 1 N–H and O–H groups in total. The van der Waals surface area contributed by atoms with Gasteiger partial charge in [-0.2, -0.15) is 0 Å². The molecule has 162 valence electrons. The lowest BCUT2D eigenvalue weighted by molar-refractivity contribution is 0.0934. The Bertz CT molecular complexity index is 1210. The maximum Gasteiger partial charge on any atom is 0.254 e. The molecule has 0 saturated carbocycles. The number of benzene rings is 3. The van der Waals surface area contributed by atoms with Crippen LogP contribution in [0.3, 0.4) is 0 Å². The summed E-state index contributed by atoms with van der Waals surface area (Å²) >= 11 is 1.57. The van der Waals surface area contributed by atoms with Crippen molar-refractivity contribution in [2.75, 3.05) is 0 Å². The fourth-order valence-corrected chi connectivity index (χ4v) is 4.21. The van der Waals surface area contributed by atoms with Crippen molar-refractivity contribution in [3.05, 3.63) is 107 Å². The Morgan fingerprint density at radius 3 is 2.41 bits per heavy atom. The summed E-state index contributed by atoms with van der Waals surface area (Å²) in [6.45, 7) is 3.88. The van der Waals surface area contributed by atoms with Gasteiger partial charge in [0.15, 0.2) is 11.0 Å². The van der Waals surface area contributed by atoms with Gasteiger partial charge in [0, 0.05) is 11.4 Å². The van der Waals surface area contributed by atoms with Crippen molar-refractivity contribution in [3.8, 4) is 5.69 Å². The molecule has 0 unspecified atom stereocenters. The fourth-order valence-electron chi connectivity index (χ4n) is 3.29. The van der Waals surface area contributed by atoms with Crippen LogP contribution in [0.4, 0.5) is 4.39 Å². The summed E-state index contributed by atoms with van der Waals surface area (Å²) in [6, 6.07) is 23.6. The van der Waals surface area contributed by atoms with Gasteiger partial charge in [-0.1, -0.05) is 71.9 Å². The SMILES string of the molecule is Cc1ccc(CSc2nnc([C@@H](C)NC(=O)c3ccccc3F)n2-c2ccccc2)cc1. The van der Waals surface area contributed by atoms with Gasteiger partial charge in [-0.05, 0) is 43.7 Å². The zero-order chi connectivity index (χ0) is 22.5. The number of para-hydroxylation sites is 1. The second kappa shape index (κ2) is 9.78. The molecule has 0 spiro atoms. The maximum absolute atomic E-state index is 14.0. The van der Waals surface area contributed by atoms with Gasteiger partial charge in [0.1, 0.15) is 5.82 Å². The molecular formula is C25H23FN4OS. The molecule has 1 aromatic heterocycles. The van der Waals surface area contributed by atoms with Crippen molar-refractivity contribution in [2.45, 2.75) is 30.8 Å². The quantitative estimate of drug-likeness (QED) is 0.381. The highest BCUT2D eigenvalue weighted by Crippen LogP contribution is 2.27. The van der Waals surface area contributed by atoms with E-state index in [1.165, 1.54) is 23.3 Å². The topological polar surface area (TPSA) is 59.8 Å². The minimum Gasteiger partial charge on any atom is -0.342 e. The number of hydrogen-bond acceptors (Lipinski definition) is 4. The molecule has 0 bridgehead atoms. The molecule has 0 radical (unpaired) electrons. The second-order valence-corrected chi connectivity index (χ2v) is 8.40. The number of hydrogen-bond donors (Lipinski definition) is 1. The average Bonchev–Trinajstić information content (AvgIpc) is 3.23. The molecule has 1 heterocycles. The number of amides is 1. The van der Waals surface area contributed by atoms with Gasteiger partial charge in [0.05, 0.1) is 11.6 Å². The minimum atomic E-state index is -0.559. The van der Waals surface area contributed by atoms with Crippen LogP contribution in [0.5, 0.6) is 0 Å². The van der Waals surface area contributed by atoms with E-state index in [1.807, 2.05) is 41.8 Å². The summed E-state index contributed by atoms with van der Waals surface area (Å²) in [7, 11) is 0. The van der Waals surface area contributed by atoms with Crippen molar-refractivity contribution < 1.29 is 9.18 Å². The highest BCUT2D eigenvalue weighted by Gasteiger charge is 2.22. The number of aryl methyl sites for hydroxylation is 1. The van der Waals surface area contributed by atoms with Crippen molar-refractivity contribution in [3.63, 3.8) is 0 Å². The van der Waals surface area contributed by atoms with E-state index in [4.69, 9.17) is 0 Å². The zero-order valence-electron chi connectivity index (χ0n) is 17.8. The second-order valence-electron chi connectivity index (χ2n) is 7.46. The minimum absolute atomic E-state index is 0.000837. The molecule has 4 aromatic rings. The van der Waals surface area contributed by atoms with Gasteiger partial charge in [-0.3, -0.25) is 9.36 Å². The first-order valence-electron chi connectivity index (χ1n) is 10.3. The van der Waals surface area contributed by atoms with E-state index < -0.39 is 17.8 Å². The summed E-state index contributed by atoms with van der Waals surface area (Å²) in [5.74, 6) is 0.261. The highest BCUT2D eigenvalue weighted by atomic mass is 32.2. The number of thioether (sulfide) groups is 1. The molecule has 0 fully saturated rings. The van der Waals surface area contributed by atoms with E-state index in [-0.39, 0.29) is 5.56 Å². The van der Waals surface area contributed by atoms with Crippen LogP contribution in [0.2, 0.25) is 0 Å². The van der Waals surface area contributed by atoms with Gasteiger partial charge in [0.2, 0.25) is 0 Å². The molecule has 0 saturated heterocycles. The van der Waals surface area contributed by atoms with Gasteiger partial charge < -0.3 is 5.32 Å². The summed E-state index contributed by atoms with van der Waals surface area (Å²) < 4.78 is 16.0. The average molecular weight is 447 g/mol. The highest BCUT2D eigenvalue weighted by molar-refractivity contribution is 7.98. The largest absolute Gasteiger partial charge is 0.342 e. The number of nitrogens with one attached hydrogen (secondary N) is 1. The lowest BCUT2D eigenvalue weighted by atomic mass is 10.2. The maximum atomic E-state index is 14.0. The van der Waals surface area contributed by atoms with E-state index in [0.29, 0.717) is 5.82 Å². The standard InChI is InChI=1S/C25H23FN4OS/c1-17-12-14-19(15-13-17)16-32-25-29-28-23(30(25)20-8-4-3-5-9-20)18(2)27-24(31)21-10-6-7-11-22(21)26/h3-15,18H,16H2,1-2H3,(H,27,31)/t18-/m1/s1. The Kier molecular flexibility index (Phi) is 6.66. The number of carbonyl (C=O) groups is 1. The smallest absolute Gasteiger partial charge is 0.254 e. The monoisotopic (exact) mass is 446 g/mol. The van der Waals surface area contributed by atoms with E-state index in [2.05, 4.69) is 46.7 Å². The van der Waals surface area contributed by atoms with Crippen LogP contribution >= 0.6 is 11.8 Å². The van der Waals surface area contributed by atoms with E-state index >= 15 is 0 Å². The molecule has 0 aliphatic rings. The molecule has 0 aliphatic heterocycles. The first-order valence-corrected chi connectivity index (χ1v) is 11.3. The summed E-state index contributed by atoms with van der Waals surface area (Å²) in [5, 5.41) is 12.3. The number of halogens is 1. The van der Waals surface area contributed by atoms with E-state index in [0.717, 1.165) is 16.6 Å². The third-order valence-corrected chi connectivity index (χ3v) is 6.01. The van der Waals surface area contributed by atoms with E-state index in [9.17, 15) is 9.18 Å². The van der Waals surface area contributed by atoms with Crippen LogP contribution in [0.25, 0.3) is 5.69 Å². The number of aromatic nitrogens is 3. The van der Waals surface area contributed by atoms with Crippen LogP contribution in [-0.4, -0.2) is 20.7 Å². The van der Waals surface area contributed by atoms with E-state index in [1.54, 1.807) is 23.9 Å². The molecule has 1 atom stereocenters. The van der Waals surface area contributed by atoms with Gasteiger partial charge in [0.25, 0.3) is 5.91 Å². The van der Waals surface area contributed by atoms with Crippen LogP contribution in [-0.2, 0) is 5.75 Å². The van der Waals surface area contributed by atoms with Crippen LogP contribution in [0.1, 0.15) is 40.3 Å². The Morgan fingerprint density at radius 1 is 1.00 bits per heavy atom. The molecule has 4 rings (SSSR count). The molecule has 0 aliphatic carbocycles. The van der Waals surface area contributed by atoms with Crippen LogP contribution in [0, 0.1) is 12.7 Å². The van der Waals surface area contributed by atoms with Crippen molar-refractivity contribution in [2.24, 2.45) is 0 Å². The van der Waals surface area contributed by atoms with Gasteiger partial charge in [-0.15, -0.1) is 10.2 Å². The first-order chi connectivity index (χ1) is 15.5. The van der Waals surface area contributed by atoms with Crippen molar-refractivity contribution in [1.82, 2.24) is 20.1 Å². The number of rotatable bonds is 7.